The largest absolute Gasteiger partial charge is 0.503 e. The molecule has 4 aromatic rings. The minimum atomic E-state index is -1.46. The third-order valence-electron chi connectivity index (χ3n) is 11.3. The van der Waals surface area contributed by atoms with Crippen LogP contribution in [0.3, 0.4) is 0 Å². The number of methoxy groups -OCH3 is 1. The van der Waals surface area contributed by atoms with Crippen molar-refractivity contribution in [2.45, 2.75) is 24.2 Å². The summed E-state index contributed by atoms with van der Waals surface area (Å²) >= 11 is 3.47. The molecule has 52 heavy (non-hydrogen) atoms. The van der Waals surface area contributed by atoms with Crippen LogP contribution in [0.2, 0.25) is 0 Å². The van der Waals surface area contributed by atoms with Crippen LogP contribution in [0, 0.1) is 33.8 Å². The number of halogens is 1. The average molecular weight is 760 g/mol. The maximum atomic E-state index is 15.2. The van der Waals surface area contributed by atoms with Crippen LogP contribution in [-0.2, 0) is 24.6 Å². The van der Waals surface area contributed by atoms with Crippen molar-refractivity contribution < 1.29 is 33.9 Å². The second-order valence-electron chi connectivity index (χ2n) is 13.6. The van der Waals surface area contributed by atoms with Crippen LogP contribution >= 0.6 is 15.9 Å². The van der Waals surface area contributed by atoms with Crippen LogP contribution in [0.4, 0.5) is 11.4 Å². The number of carbonyl (C=O) groups is 4. The number of rotatable bonds is 6. The summed E-state index contributed by atoms with van der Waals surface area (Å²) in [5, 5.41) is 22.5. The fraction of sp³-hybridized carbons (Fsp3) is 0.220. The normalized spacial score (nSPS) is 26.6. The maximum absolute atomic E-state index is 15.2. The summed E-state index contributed by atoms with van der Waals surface area (Å²) < 4.78 is 5.88. The molecule has 3 aliphatic carbocycles. The fourth-order valence-electron chi connectivity index (χ4n) is 9.17. The molecular weight excluding hydrogens is 728 g/mol. The molecule has 4 aliphatic rings. The molecule has 1 aliphatic heterocycles. The number of phenols is 1. The molecule has 0 aromatic heterocycles. The lowest BCUT2D eigenvalue weighted by molar-refractivity contribution is -0.384. The molecule has 1 saturated heterocycles. The van der Waals surface area contributed by atoms with Crippen LogP contribution in [0.5, 0.6) is 11.5 Å². The number of nitro groups is 1. The number of carbonyl (C=O) groups excluding carboxylic acids is 4. The Hall–Kier alpha value is -5.68. The molecule has 2 fully saturated rings. The number of nitrogens with zero attached hydrogens (tertiary/aromatic N) is 2. The molecule has 1 N–H and O–H groups in total. The first-order chi connectivity index (χ1) is 25.1. The van der Waals surface area contributed by atoms with Gasteiger partial charge in [0.25, 0.3) is 5.69 Å². The monoisotopic (exact) mass is 758 g/mol. The Morgan fingerprint density at radius 3 is 2.31 bits per heavy atom. The highest BCUT2D eigenvalue weighted by Gasteiger charge is 2.66. The number of aromatic hydroxyl groups is 1. The summed E-state index contributed by atoms with van der Waals surface area (Å²) in [5.74, 6) is -5.56. The molecule has 0 spiro atoms. The van der Waals surface area contributed by atoms with Gasteiger partial charge in [-0.25, -0.2) is 4.90 Å². The average Bonchev–Trinajstić information content (AvgIpc) is 3.42. The number of phenolic OH excluding ortho intramolecular Hbond substituents is 1. The first-order valence-electron chi connectivity index (χ1n) is 16.9. The zero-order valence-electron chi connectivity index (χ0n) is 27.8. The molecule has 6 atom stereocenters. The molecule has 0 unspecified atom stereocenters. The summed E-state index contributed by atoms with van der Waals surface area (Å²) in [6.45, 7) is 0. The van der Waals surface area contributed by atoms with Crippen LogP contribution in [0.1, 0.15) is 35.4 Å². The van der Waals surface area contributed by atoms with Gasteiger partial charge in [-0.15, -0.1) is 0 Å². The summed E-state index contributed by atoms with van der Waals surface area (Å²) in [7, 11) is 1.42. The number of ether oxygens (including phenoxy) is 1. The number of ketones is 2. The number of non-ortho nitro benzene ring substituents is 1. The number of hydrogen-bond donors (Lipinski definition) is 1. The number of fused-ring (bicyclic) bond motifs is 4. The van der Waals surface area contributed by atoms with E-state index in [-0.39, 0.29) is 52.9 Å². The SMILES string of the molecule is COc1cc([C@H]2C3=CC[C@@H]4C(=O)N(c5cccc([N+](=O)[O-])c5)C(=O)[C@@H]4[C@@H]3C[C@H]3C(=O)C(c4ccccc4)=CC(=O)[C@@]23c2ccccc2)cc(Br)c1O. The third-order valence-corrected chi connectivity index (χ3v) is 11.9. The molecule has 0 radical (unpaired) electrons. The van der Waals surface area contributed by atoms with Gasteiger partial charge >= 0.3 is 0 Å². The standard InChI is InChI=1S/C41H31BrN2O8/c1-52-33-18-23(17-32(42)38(33)47)36-27-15-16-28-35(40(49)43(39(28)48)25-13-8-14-26(19-25)44(50)51)30(27)20-31-37(46)29(22-9-4-2-5-10-22)21-34(45)41(31,36)24-11-6-3-7-12-24/h2-15,17-19,21,28,30-31,35-36,47H,16,20H2,1H3/t28-,30+,31-,35-,36-,41-/m0/s1. The number of hydrogen-bond acceptors (Lipinski definition) is 8. The summed E-state index contributed by atoms with van der Waals surface area (Å²) in [6, 6.07) is 27.0. The number of allylic oxidation sites excluding steroid dienone is 4. The molecule has 1 saturated carbocycles. The molecule has 0 bridgehead atoms. The summed E-state index contributed by atoms with van der Waals surface area (Å²) in [6.07, 6.45) is 3.66. The van der Waals surface area contributed by atoms with E-state index in [0.717, 1.165) is 10.5 Å². The van der Waals surface area contributed by atoms with Crippen molar-refractivity contribution in [2.24, 2.45) is 23.7 Å². The Bertz CT molecular complexity index is 2270. The van der Waals surface area contributed by atoms with Gasteiger partial charge in [0.05, 0.1) is 39.4 Å². The highest BCUT2D eigenvalue weighted by molar-refractivity contribution is 9.10. The molecule has 10 nitrogen and oxygen atoms in total. The van der Waals surface area contributed by atoms with Gasteiger partial charge in [0.1, 0.15) is 0 Å². The second-order valence-corrected chi connectivity index (χ2v) is 14.5. The van der Waals surface area contributed by atoms with Gasteiger partial charge in [0, 0.05) is 29.5 Å². The van der Waals surface area contributed by atoms with Crippen LogP contribution in [-0.4, -0.2) is 40.5 Å². The van der Waals surface area contributed by atoms with Crippen molar-refractivity contribution >= 4 is 56.3 Å². The molecular formula is C41H31BrN2O8. The van der Waals surface area contributed by atoms with Crippen molar-refractivity contribution in [3.63, 3.8) is 0 Å². The fourth-order valence-corrected chi connectivity index (χ4v) is 9.63. The van der Waals surface area contributed by atoms with Crippen LogP contribution in [0.15, 0.2) is 119 Å². The van der Waals surface area contributed by atoms with Crippen molar-refractivity contribution in [3.8, 4) is 11.5 Å². The highest BCUT2D eigenvalue weighted by Crippen LogP contribution is 2.64. The topological polar surface area (TPSA) is 144 Å². The number of nitro benzene ring substituents is 1. The van der Waals surface area contributed by atoms with Crippen molar-refractivity contribution in [1.29, 1.82) is 0 Å². The Morgan fingerprint density at radius 2 is 1.62 bits per heavy atom. The van der Waals surface area contributed by atoms with E-state index in [4.69, 9.17) is 4.74 Å². The van der Waals surface area contributed by atoms with E-state index in [1.807, 2.05) is 42.5 Å². The lowest BCUT2D eigenvalue weighted by Gasteiger charge is -2.55. The van der Waals surface area contributed by atoms with E-state index in [1.54, 1.807) is 36.4 Å². The predicted octanol–water partition coefficient (Wildman–Crippen LogP) is 7.10. The molecule has 260 valence electrons. The van der Waals surface area contributed by atoms with Gasteiger partial charge in [-0.2, -0.15) is 0 Å². The van der Waals surface area contributed by atoms with Crippen molar-refractivity contribution in [2.75, 3.05) is 12.0 Å². The van der Waals surface area contributed by atoms with Gasteiger partial charge in [0.15, 0.2) is 23.1 Å². The number of amides is 2. The summed E-state index contributed by atoms with van der Waals surface area (Å²) in [4.78, 5) is 70.9. The minimum Gasteiger partial charge on any atom is -0.503 e. The van der Waals surface area contributed by atoms with E-state index in [2.05, 4.69) is 15.9 Å². The van der Waals surface area contributed by atoms with Crippen LogP contribution in [0.25, 0.3) is 5.57 Å². The summed E-state index contributed by atoms with van der Waals surface area (Å²) in [5.41, 5.74) is 1.21. The molecule has 4 aromatic carbocycles. The van der Waals surface area contributed by atoms with Gasteiger partial charge in [-0.3, -0.25) is 29.3 Å². The number of imide groups is 1. The lowest BCUT2D eigenvalue weighted by atomic mass is 9.44. The lowest BCUT2D eigenvalue weighted by Crippen LogP contribution is -2.58. The van der Waals surface area contributed by atoms with Gasteiger partial charge < -0.3 is 9.84 Å². The highest BCUT2D eigenvalue weighted by atomic mass is 79.9. The van der Waals surface area contributed by atoms with E-state index >= 15 is 9.59 Å². The Kier molecular flexibility index (Phi) is 8.06. The smallest absolute Gasteiger partial charge is 0.271 e. The molecule has 11 heteroatoms. The van der Waals surface area contributed by atoms with E-state index in [0.29, 0.717) is 21.2 Å². The number of benzene rings is 4. The van der Waals surface area contributed by atoms with Crippen molar-refractivity contribution in [1.82, 2.24) is 0 Å². The number of anilines is 1. The Balaban J connectivity index is 1.37. The third kappa shape index (κ3) is 4.82. The quantitative estimate of drug-likeness (QED) is 0.0950. The maximum Gasteiger partial charge on any atom is 0.271 e. The van der Waals surface area contributed by atoms with Gasteiger partial charge in [-0.1, -0.05) is 78.4 Å². The molecule has 2 amide bonds. The number of Topliss-reactive ketones (excluding diaryl/α,β-unsaturated/α-hetero) is 1. The van der Waals surface area contributed by atoms with E-state index in [1.165, 1.54) is 37.5 Å². The van der Waals surface area contributed by atoms with Gasteiger partial charge in [-0.05, 0) is 75.7 Å². The minimum absolute atomic E-state index is 0.103. The van der Waals surface area contributed by atoms with Crippen molar-refractivity contribution in [3.05, 3.63) is 146 Å². The van der Waals surface area contributed by atoms with Crippen LogP contribution < -0.4 is 9.64 Å². The Labute approximate surface area is 306 Å². The first kappa shape index (κ1) is 33.5. The molecule has 8 rings (SSSR count). The Morgan fingerprint density at radius 1 is 0.904 bits per heavy atom. The molecule has 1 heterocycles. The van der Waals surface area contributed by atoms with E-state index in [9.17, 15) is 24.8 Å². The second kappa shape index (κ2) is 12.5. The zero-order valence-corrected chi connectivity index (χ0v) is 29.4. The predicted molar refractivity (Wildman–Crippen MR) is 195 cm³/mol. The van der Waals surface area contributed by atoms with E-state index < -0.39 is 51.7 Å². The zero-order chi connectivity index (χ0) is 36.5. The first-order valence-corrected chi connectivity index (χ1v) is 17.7. The van der Waals surface area contributed by atoms with Gasteiger partial charge in [0.2, 0.25) is 11.8 Å².